The molecule has 0 aliphatic carbocycles. The molecule has 0 saturated carbocycles. The minimum absolute atomic E-state index is 0. The third-order valence-corrected chi connectivity index (χ3v) is 0. The fourth-order valence-electron chi connectivity index (χ4n) is 0. The van der Waals surface area contributed by atoms with Gasteiger partial charge in [-0.25, -0.2) is 0 Å². The number of hydrogen-bond acceptors (Lipinski definition) is 2. The van der Waals surface area contributed by atoms with Crippen LogP contribution in [0, 0.1) is 0 Å². The molecule has 0 amide bonds. The zero-order chi connectivity index (χ0) is 4.50. The Morgan fingerprint density at radius 3 is 1.25 bits per heavy atom. The quantitative estimate of drug-likeness (QED) is 0.292. The van der Waals surface area contributed by atoms with E-state index in [-0.39, 0.29) is 42.5 Å². The molecule has 0 aromatic carbocycles. The Balaban J connectivity index is -0.0000000133. The maximum Gasteiger partial charge on any atom is 1.00 e. The Hall–Kier alpha value is 0.934. The molecule has 0 bridgehead atoms. The normalized spacial score (nSPS) is 7.25. The van der Waals surface area contributed by atoms with Gasteiger partial charge in [0, 0.05) is 16.8 Å². The molecule has 0 atom stereocenters. The second-order valence-electron chi connectivity index (χ2n) is 0.448. The average Bonchev–Trinajstić information content (AvgIpc) is 0.722. The van der Waals surface area contributed by atoms with Crippen molar-refractivity contribution in [1.82, 2.24) is 0 Å². The molecule has 0 aromatic rings. The molecule has 0 saturated heterocycles. The molecule has 4 N–H and O–H groups in total. The zero-order valence-electron chi connectivity index (χ0n) is 4.95. The fraction of sp³-hybridized carbons (Fsp3) is 0. The SMILES string of the molecule is O.O=S(=O)(O)O.[Co].[H-].[Li+]. The Kier molecular flexibility index (Phi) is 22.9. The summed E-state index contributed by atoms with van der Waals surface area (Å²) in [5, 5.41) is 0. The van der Waals surface area contributed by atoms with Gasteiger partial charge in [0.1, 0.15) is 0 Å². The van der Waals surface area contributed by atoms with Crippen LogP contribution in [0.15, 0.2) is 0 Å². The van der Waals surface area contributed by atoms with Crippen molar-refractivity contribution < 1.29 is 60.1 Å². The van der Waals surface area contributed by atoms with Gasteiger partial charge in [0.05, 0.1) is 0 Å². The molecule has 0 aliphatic rings. The largest absolute Gasteiger partial charge is 1.00 e. The summed E-state index contributed by atoms with van der Waals surface area (Å²) < 4.78 is 31.6. The van der Waals surface area contributed by atoms with Gasteiger partial charge in [-0.2, -0.15) is 8.42 Å². The summed E-state index contributed by atoms with van der Waals surface area (Å²) in [6.07, 6.45) is 0. The third-order valence-electron chi connectivity index (χ3n) is 0. The molecule has 0 rings (SSSR count). The van der Waals surface area contributed by atoms with E-state index in [0.29, 0.717) is 0 Å². The van der Waals surface area contributed by atoms with Crippen LogP contribution in [0.2, 0.25) is 0 Å². The molecule has 1 radical (unpaired) electrons. The topological polar surface area (TPSA) is 106 Å². The average molecular weight is 183 g/mol. The van der Waals surface area contributed by atoms with Crippen LogP contribution in [-0.2, 0) is 27.2 Å². The van der Waals surface area contributed by atoms with Crippen LogP contribution in [0.1, 0.15) is 1.43 Å². The van der Waals surface area contributed by atoms with E-state index in [4.69, 9.17) is 17.5 Å². The molecule has 8 heavy (non-hydrogen) atoms. The van der Waals surface area contributed by atoms with Gasteiger partial charge in [0.15, 0.2) is 0 Å². The summed E-state index contributed by atoms with van der Waals surface area (Å²) in [5.74, 6) is 0. The summed E-state index contributed by atoms with van der Waals surface area (Å²) in [6.45, 7) is 0. The summed E-state index contributed by atoms with van der Waals surface area (Å²) in [7, 11) is -4.67. The molecule has 8 heteroatoms. The van der Waals surface area contributed by atoms with Crippen molar-refractivity contribution in [3.8, 4) is 0 Å². The first-order valence-electron chi connectivity index (χ1n) is 0.698. The van der Waals surface area contributed by atoms with Crippen molar-refractivity contribution in [3.63, 3.8) is 0 Å². The van der Waals surface area contributed by atoms with Crippen molar-refractivity contribution in [2.24, 2.45) is 0 Å². The maximum absolute atomic E-state index is 8.74. The predicted molar refractivity (Wildman–Crippen MR) is 18.9 cm³/mol. The Morgan fingerprint density at radius 1 is 1.25 bits per heavy atom. The fourth-order valence-corrected chi connectivity index (χ4v) is 0. The van der Waals surface area contributed by atoms with E-state index < -0.39 is 10.4 Å². The summed E-state index contributed by atoms with van der Waals surface area (Å²) >= 11 is 0. The second kappa shape index (κ2) is 7.93. The first kappa shape index (κ1) is 23.1. The molecule has 51 valence electrons. The van der Waals surface area contributed by atoms with Gasteiger partial charge in [-0.05, 0) is 0 Å². The first-order valence-corrected chi connectivity index (χ1v) is 2.10. The van der Waals surface area contributed by atoms with Crippen molar-refractivity contribution >= 4 is 10.4 Å². The van der Waals surface area contributed by atoms with Gasteiger partial charge in [-0.1, -0.05) is 0 Å². The van der Waals surface area contributed by atoms with Gasteiger partial charge >= 0.3 is 29.3 Å². The minimum Gasteiger partial charge on any atom is -1.00 e. The van der Waals surface area contributed by atoms with E-state index in [1.807, 2.05) is 0 Å². The van der Waals surface area contributed by atoms with E-state index in [1.165, 1.54) is 0 Å². The van der Waals surface area contributed by atoms with Gasteiger partial charge in [-0.15, -0.1) is 0 Å². The maximum atomic E-state index is 8.74. The van der Waals surface area contributed by atoms with E-state index >= 15 is 0 Å². The summed E-state index contributed by atoms with van der Waals surface area (Å²) in [6, 6.07) is 0. The molecule has 0 heterocycles. The molecule has 0 aliphatic heterocycles. The summed E-state index contributed by atoms with van der Waals surface area (Å²) in [5.41, 5.74) is 0. The Bertz CT molecular complexity index is 100. The number of hydrogen-bond donors (Lipinski definition) is 2. The van der Waals surface area contributed by atoms with Crippen LogP contribution in [0.4, 0.5) is 0 Å². The molecular weight excluding hydrogens is 178 g/mol. The zero-order valence-corrected chi connectivity index (χ0v) is 5.81. The molecule has 0 unspecified atom stereocenters. The van der Waals surface area contributed by atoms with Crippen LogP contribution in [0.3, 0.4) is 0 Å². The predicted octanol–water partition coefficient (Wildman–Crippen LogP) is -4.36. The van der Waals surface area contributed by atoms with Crippen LogP contribution >= 0.6 is 0 Å². The van der Waals surface area contributed by atoms with Crippen LogP contribution in [0.25, 0.3) is 0 Å². The molecule has 0 spiro atoms. The first-order chi connectivity index (χ1) is 2.00. The second-order valence-corrected chi connectivity index (χ2v) is 1.34. The minimum atomic E-state index is -4.67. The van der Waals surface area contributed by atoms with Gasteiger partial charge in [0.25, 0.3) is 0 Å². The molecular formula is H5CoLiO5S. The van der Waals surface area contributed by atoms with Crippen LogP contribution in [0.5, 0.6) is 0 Å². The monoisotopic (exact) mass is 183 g/mol. The van der Waals surface area contributed by atoms with E-state index in [0.717, 1.165) is 0 Å². The molecule has 0 aromatic heterocycles. The van der Waals surface area contributed by atoms with E-state index in [9.17, 15) is 0 Å². The van der Waals surface area contributed by atoms with Crippen molar-refractivity contribution in [1.29, 1.82) is 0 Å². The third kappa shape index (κ3) is 280. The number of rotatable bonds is 0. The Labute approximate surface area is 70.6 Å². The standard InChI is InChI=1S/Co.Li.H2O4S.H2O.H/c;;1-5(2,3)4;;/h;;(H2,1,2,3,4);1H2;/q;+1;;;-1. The van der Waals surface area contributed by atoms with E-state index in [1.54, 1.807) is 0 Å². The van der Waals surface area contributed by atoms with Crippen molar-refractivity contribution in [3.05, 3.63) is 0 Å². The molecule has 5 nitrogen and oxygen atoms in total. The smallest absolute Gasteiger partial charge is 1.00 e. The van der Waals surface area contributed by atoms with Crippen LogP contribution < -0.4 is 18.9 Å². The Morgan fingerprint density at radius 2 is 1.25 bits per heavy atom. The van der Waals surface area contributed by atoms with Crippen molar-refractivity contribution in [2.45, 2.75) is 0 Å². The van der Waals surface area contributed by atoms with Gasteiger partial charge < -0.3 is 6.90 Å². The van der Waals surface area contributed by atoms with Gasteiger partial charge in [0.2, 0.25) is 0 Å². The van der Waals surface area contributed by atoms with Gasteiger partial charge in [-0.3, -0.25) is 9.11 Å². The van der Waals surface area contributed by atoms with E-state index in [2.05, 4.69) is 0 Å². The van der Waals surface area contributed by atoms with Crippen LogP contribution in [-0.4, -0.2) is 23.0 Å². The van der Waals surface area contributed by atoms with Crippen molar-refractivity contribution in [2.75, 3.05) is 0 Å². The molecule has 0 fully saturated rings. The summed E-state index contributed by atoms with van der Waals surface area (Å²) in [4.78, 5) is 0.